The first kappa shape index (κ1) is 7.37. The molecule has 1 saturated heterocycles. The van der Waals surface area contributed by atoms with Gasteiger partial charge in [-0.15, -0.1) is 0 Å². The van der Waals surface area contributed by atoms with E-state index >= 15 is 0 Å². The third-order valence-corrected chi connectivity index (χ3v) is 4.28. The second-order valence-electron chi connectivity index (χ2n) is 5.12. The Balaban J connectivity index is 1.71. The van der Waals surface area contributed by atoms with E-state index in [9.17, 15) is 0 Å². The van der Waals surface area contributed by atoms with Crippen molar-refractivity contribution in [3.05, 3.63) is 0 Å². The molecule has 2 aliphatic carbocycles. The summed E-state index contributed by atoms with van der Waals surface area (Å²) in [5, 5.41) is 3.67. The molecule has 1 N–H and O–H groups in total. The maximum absolute atomic E-state index is 3.67. The SMILES string of the molecule is C1CCC2(CC1)CNC2C1CC1. The average molecular weight is 165 g/mol. The van der Waals surface area contributed by atoms with E-state index in [4.69, 9.17) is 0 Å². The van der Waals surface area contributed by atoms with E-state index in [2.05, 4.69) is 5.32 Å². The lowest BCUT2D eigenvalue weighted by molar-refractivity contribution is 0.0243. The molecule has 2 saturated carbocycles. The molecule has 0 radical (unpaired) electrons. The maximum Gasteiger partial charge on any atom is 0.0164 e. The zero-order chi connectivity index (χ0) is 8.02. The van der Waals surface area contributed by atoms with Gasteiger partial charge in [0.05, 0.1) is 0 Å². The van der Waals surface area contributed by atoms with Crippen LogP contribution in [0.25, 0.3) is 0 Å². The summed E-state index contributed by atoms with van der Waals surface area (Å²) in [6.45, 7) is 1.34. The minimum absolute atomic E-state index is 0.791. The zero-order valence-corrected chi connectivity index (χ0v) is 7.81. The lowest BCUT2D eigenvalue weighted by Gasteiger charge is -2.53. The molecule has 3 rings (SSSR count). The Morgan fingerprint density at radius 2 is 1.75 bits per heavy atom. The second kappa shape index (κ2) is 2.47. The van der Waals surface area contributed by atoms with E-state index in [-0.39, 0.29) is 0 Å². The van der Waals surface area contributed by atoms with Crippen LogP contribution in [0.2, 0.25) is 0 Å². The number of rotatable bonds is 1. The molecule has 1 nitrogen and oxygen atoms in total. The van der Waals surface area contributed by atoms with Crippen molar-refractivity contribution < 1.29 is 0 Å². The van der Waals surface area contributed by atoms with Gasteiger partial charge >= 0.3 is 0 Å². The van der Waals surface area contributed by atoms with Crippen LogP contribution in [0, 0.1) is 11.3 Å². The Hall–Kier alpha value is -0.0400. The first-order valence-corrected chi connectivity index (χ1v) is 5.64. The van der Waals surface area contributed by atoms with Crippen LogP contribution in [0.1, 0.15) is 44.9 Å². The van der Waals surface area contributed by atoms with E-state index in [0.717, 1.165) is 17.4 Å². The lowest BCUT2D eigenvalue weighted by atomic mass is 9.63. The molecule has 1 atom stereocenters. The van der Waals surface area contributed by atoms with Crippen LogP contribution in [0.15, 0.2) is 0 Å². The first-order valence-electron chi connectivity index (χ1n) is 5.64. The molecule has 3 fully saturated rings. The fourth-order valence-electron chi connectivity index (χ4n) is 3.35. The highest BCUT2D eigenvalue weighted by Gasteiger charge is 2.52. The van der Waals surface area contributed by atoms with Gasteiger partial charge in [-0.1, -0.05) is 19.3 Å². The predicted octanol–water partition coefficient (Wildman–Crippen LogP) is 2.32. The van der Waals surface area contributed by atoms with E-state index in [1.165, 1.54) is 51.5 Å². The summed E-state index contributed by atoms with van der Waals surface area (Å²) in [6, 6.07) is 0.942. The quantitative estimate of drug-likeness (QED) is 0.628. The molecule has 0 aromatic heterocycles. The number of nitrogens with one attached hydrogen (secondary N) is 1. The minimum atomic E-state index is 0.791. The van der Waals surface area contributed by atoms with Gasteiger partial charge in [-0.05, 0) is 37.0 Å². The van der Waals surface area contributed by atoms with Crippen molar-refractivity contribution in [3.63, 3.8) is 0 Å². The van der Waals surface area contributed by atoms with Crippen molar-refractivity contribution in [2.45, 2.75) is 51.0 Å². The summed E-state index contributed by atoms with van der Waals surface area (Å²) in [5.74, 6) is 1.08. The largest absolute Gasteiger partial charge is 0.312 e. The molecule has 68 valence electrons. The molecule has 0 bridgehead atoms. The normalized spacial score (nSPS) is 39.5. The van der Waals surface area contributed by atoms with Crippen molar-refractivity contribution in [3.8, 4) is 0 Å². The standard InChI is InChI=1S/C11H19N/c1-2-6-11(7-3-1)8-12-10(11)9-4-5-9/h9-10,12H,1-8H2. The monoisotopic (exact) mass is 165 g/mol. The Labute approximate surface area is 74.9 Å². The fourth-order valence-corrected chi connectivity index (χ4v) is 3.35. The Morgan fingerprint density at radius 3 is 2.25 bits per heavy atom. The zero-order valence-electron chi connectivity index (χ0n) is 7.81. The number of hydrogen-bond donors (Lipinski definition) is 1. The predicted molar refractivity (Wildman–Crippen MR) is 50.0 cm³/mol. The summed E-state index contributed by atoms with van der Waals surface area (Å²) in [5.41, 5.74) is 0.791. The Bertz CT molecular complexity index is 177. The van der Waals surface area contributed by atoms with Gasteiger partial charge in [0.15, 0.2) is 0 Å². The van der Waals surface area contributed by atoms with Crippen LogP contribution in [-0.2, 0) is 0 Å². The minimum Gasteiger partial charge on any atom is -0.312 e. The van der Waals surface area contributed by atoms with Crippen LogP contribution in [0.3, 0.4) is 0 Å². The average Bonchev–Trinajstić information content (AvgIpc) is 2.88. The molecule has 3 aliphatic rings. The van der Waals surface area contributed by atoms with Gasteiger partial charge in [0.25, 0.3) is 0 Å². The van der Waals surface area contributed by atoms with E-state index in [1.54, 1.807) is 0 Å². The summed E-state index contributed by atoms with van der Waals surface area (Å²) in [7, 11) is 0. The van der Waals surface area contributed by atoms with Crippen LogP contribution in [-0.4, -0.2) is 12.6 Å². The highest BCUT2D eigenvalue weighted by atomic mass is 15.1. The van der Waals surface area contributed by atoms with Crippen LogP contribution in [0.4, 0.5) is 0 Å². The van der Waals surface area contributed by atoms with Gasteiger partial charge < -0.3 is 5.32 Å². The lowest BCUT2D eigenvalue weighted by Crippen LogP contribution is -2.64. The molecule has 1 heterocycles. The van der Waals surface area contributed by atoms with Crippen molar-refractivity contribution >= 4 is 0 Å². The van der Waals surface area contributed by atoms with Gasteiger partial charge in [-0.2, -0.15) is 0 Å². The Kier molecular flexibility index (Phi) is 1.52. The summed E-state index contributed by atoms with van der Waals surface area (Å²) in [4.78, 5) is 0. The van der Waals surface area contributed by atoms with Gasteiger partial charge in [-0.25, -0.2) is 0 Å². The molecular formula is C11H19N. The van der Waals surface area contributed by atoms with Crippen LogP contribution < -0.4 is 5.32 Å². The van der Waals surface area contributed by atoms with Crippen LogP contribution >= 0.6 is 0 Å². The maximum atomic E-state index is 3.67. The first-order chi connectivity index (χ1) is 5.91. The molecule has 0 aromatic carbocycles. The van der Waals surface area contributed by atoms with Crippen molar-refractivity contribution in [1.82, 2.24) is 5.32 Å². The summed E-state index contributed by atoms with van der Waals surface area (Å²) >= 11 is 0. The molecule has 1 heteroatoms. The molecule has 1 unspecified atom stereocenters. The second-order valence-corrected chi connectivity index (χ2v) is 5.12. The van der Waals surface area contributed by atoms with Gasteiger partial charge in [0.2, 0.25) is 0 Å². The fraction of sp³-hybridized carbons (Fsp3) is 1.00. The van der Waals surface area contributed by atoms with Gasteiger partial charge in [0.1, 0.15) is 0 Å². The molecular weight excluding hydrogens is 146 g/mol. The van der Waals surface area contributed by atoms with Crippen molar-refractivity contribution in [2.24, 2.45) is 11.3 Å². The van der Waals surface area contributed by atoms with E-state index in [0.29, 0.717) is 0 Å². The third-order valence-electron chi connectivity index (χ3n) is 4.28. The summed E-state index contributed by atoms with van der Waals surface area (Å²) < 4.78 is 0. The van der Waals surface area contributed by atoms with E-state index < -0.39 is 0 Å². The van der Waals surface area contributed by atoms with E-state index in [1.807, 2.05) is 0 Å². The third kappa shape index (κ3) is 0.953. The highest BCUT2D eigenvalue weighted by Crippen LogP contribution is 2.51. The van der Waals surface area contributed by atoms with Gasteiger partial charge in [0, 0.05) is 12.6 Å². The topological polar surface area (TPSA) is 12.0 Å². The highest BCUT2D eigenvalue weighted by molar-refractivity contribution is 5.08. The van der Waals surface area contributed by atoms with Crippen molar-refractivity contribution in [1.29, 1.82) is 0 Å². The molecule has 12 heavy (non-hydrogen) atoms. The van der Waals surface area contributed by atoms with Crippen molar-refractivity contribution in [2.75, 3.05) is 6.54 Å². The molecule has 0 aromatic rings. The Morgan fingerprint density at radius 1 is 1.00 bits per heavy atom. The van der Waals surface area contributed by atoms with Gasteiger partial charge in [-0.3, -0.25) is 0 Å². The molecule has 1 aliphatic heterocycles. The summed E-state index contributed by atoms with van der Waals surface area (Å²) in [6.07, 6.45) is 10.6. The number of hydrogen-bond acceptors (Lipinski definition) is 1. The van der Waals surface area contributed by atoms with Crippen LogP contribution in [0.5, 0.6) is 0 Å². The molecule has 0 amide bonds. The smallest absolute Gasteiger partial charge is 0.0164 e. The molecule has 1 spiro atoms.